The summed E-state index contributed by atoms with van der Waals surface area (Å²) in [5.41, 5.74) is 5.12. The molecule has 40 valence electrons. The van der Waals surface area contributed by atoms with E-state index in [9.17, 15) is 0 Å². The molecule has 0 radical (unpaired) electrons. The van der Waals surface area contributed by atoms with E-state index in [1.54, 1.807) is 6.19 Å². The average molecular weight is 99.1 g/mol. The molecule has 3 nitrogen and oxygen atoms in total. The minimum atomic E-state index is 0.648. The Bertz CT molecular complexity index is 63.8. The van der Waals surface area contributed by atoms with E-state index < -0.39 is 0 Å². The number of hydrogen-bond donors (Lipinski definition) is 2. The van der Waals surface area contributed by atoms with Gasteiger partial charge in [0.15, 0.2) is 6.19 Å². The molecule has 0 aliphatic carbocycles. The van der Waals surface area contributed by atoms with Crippen LogP contribution in [0.5, 0.6) is 0 Å². The van der Waals surface area contributed by atoms with Gasteiger partial charge in [0.2, 0.25) is 0 Å². The van der Waals surface area contributed by atoms with Crippen molar-refractivity contribution in [2.24, 2.45) is 5.73 Å². The number of hydrogen-bond acceptors (Lipinski definition) is 3. The number of nitrogens with one attached hydrogen (secondary N) is 1. The first kappa shape index (κ1) is 6.25. The maximum absolute atomic E-state index is 7.89. The van der Waals surface area contributed by atoms with E-state index in [1.165, 1.54) is 0 Å². The first-order valence-electron chi connectivity index (χ1n) is 2.24. The first-order chi connectivity index (χ1) is 3.41. The lowest BCUT2D eigenvalue weighted by Crippen LogP contribution is -2.11. The quantitative estimate of drug-likeness (QED) is 0.282. The molecule has 0 aliphatic rings. The third-order valence-corrected chi connectivity index (χ3v) is 0.585. The molecule has 0 heterocycles. The van der Waals surface area contributed by atoms with Crippen LogP contribution in [-0.4, -0.2) is 13.1 Å². The minimum Gasteiger partial charge on any atom is -0.330 e. The third-order valence-electron chi connectivity index (χ3n) is 0.585. The molecule has 0 aromatic heterocycles. The van der Waals surface area contributed by atoms with Gasteiger partial charge in [-0.2, -0.15) is 5.26 Å². The highest BCUT2D eigenvalue weighted by molar-refractivity contribution is 4.63. The summed E-state index contributed by atoms with van der Waals surface area (Å²) in [5, 5.41) is 10.4. The predicted molar refractivity (Wildman–Crippen MR) is 27.3 cm³/mol. The summed E-state index contributed by atoms with van der Waals surface area (Å²) in [5.74, 6) is 0. The summed E-state index contributed by atoms with van der Waals surface area (Å²) < 4.78 is 0. The molecule has 0 rings (SSSR count). The maximum atomic E-state index is 7.89. The Morgan fingerprint density at radius 2 is 2.43 bits per heavy atom. The van der Waals surface area contributed by atoms with E-state index >= 15 is 0 Å². The van der Waals surface area contributed by atoms with Crippen LogP contribution >= 0.6 is 0 Å². The number of nitrogens with zero attached hydrogens (tertiary/aromatic N) is 1. The van der Waals surface area contributed by atoms with Gasteiger partial charge >= 0.3 is 0 Å². The molecule has 3 N–H and O–H groups in total. The van der Waals surface area contributed by atoms with Crippen LogP contribution in [0.1, 0.15) is 6.42 Å². The Morgan fingerprint density at radius 3 is 2.86 bits per heavy atom. The summed E-state index contributed by atoms with van der Waals surface area (Å²) >= 11 is 0. The van der Waals surface area contributed by atoms with E-state index in [2.05, 4.69) is 5.32 Å². The lowest BCUT2D eigenvalue weighted by atomic mass is 10.4. The van der Waals surface area contributed by atoms with Crippen molar-refractivity contribution >= 4 is 0 Å². The minimum absolute atomic E-state index is 0.648. The van der Waals surface area contributed by atoms with Crippen molar-refractivity contribution in [1.82, 2.24) is 5.32 Å². The topological polar surface area (TPSA) is 61.8 Å². The van der Waals surface area contributed by atoms with Crippen molar-refractivity contribution in [3.05, 3.63) is 0 Å². The molecule has 0 unspecified atom stereocenters. The Hall–Kier alpha value is -0.750. The van der Waals surface area contributed by atoms with Gasteiger partial charge in [-0.15, -0.1) is 0 Å². The second-order valence-electron chi connectivity index (χ2n) is 1.18. The molecule has 0 fully saturated rings. The van der Waals surface area contributed by atoms with E-state index in [0.717, 1.165) is 6.42 Å². The second kappa shape index (κ2) is 5.25. The third kappa shape index (κ3) is 5.25. The van der Waals surface area contributed by atoms with Gasteiger partial charge in [-0.05, 0) is 13.0 Å². The summed E-state index contributed by atoms with van der Waals surface area (Å²) in [4.78, 5) is 0. The summed E-state index contributed by atoms with van der Waals surface area (Å²) in [6.45, 7) is 1.35. The summed E-state index contributed by atoms with van der Waals surface area (Å²) in [6, 6.07) is 0. The molecule has 0 aromatic rings. The smallest absolute Gasteiger partial charge is 0.176 e. The van der Waals surface area contributed by atoms with Gasteiger partial charge in [-0.25, -0.2) is 0 Å². The molecule has 3 heteroatoms. The molecule has 0 atom stereocenters. The Morgan fingerprint density at radius 1 is 1.71 bits per heavy atom. The molecule has 7 heavy (non-hydrogen) atoms. The van der Waals surface area contributed by atoms with Gasteiger partial charge in [-0.1, -0.05) is 0 Å². The monoisotopic (exact) mass is 99.1 g/mol. The molecule has 0 saturated carbocycles. The van der Waals surface area contributed by atoms with Crippen LogP contribution in [0.4, 0.5) is 0 Å². The van der Waals surface area contributed by atoms with Crippen LogP contribution in [0, 0.1) is 11.5 Å². The fourth-order valence-corrected chi connectivity index (χ4v) is 0.246. The standard InChI is InChI=1S/C4H9N3/c5-2-1-3-7-4-6/h7H,1-3,5H2. The summed E-state index contributed by atoms with van der Waals surface area (Å²) in [6.07, 6.45) is 2.67. The lowest BCUT2D eigenvalue weighted by Gasteiger charge is -1.89. The fraction of sp³-hybridized carbons (Fsp3) is 0.750. The fourth-order valence-electron chi connectivity index (χ4n) is 0.246. The molecular formula is C4H9N3. The zero-order valence-electron chi connectivity index (χ0n) is 4.15. The van der Waals surface area contributed by atoms with Crippen molar-refractivity contribution in [2.45, 2.75) is 6.42 Å². The number of nitrogens with two attached hydrogens (primary N) is 1. The van der Waals surface area contributed by atoms with E-state index in [0.29, 0.717) is 13.1 Å². The van der Waals surface area contributed by atoms with Crippen LogP contribution in [0.15, 0.2) is 0 Å². The van der Waals surface area contributed by atoms with Gasteiger partial charge in [0.1, 0.15) is 0 Å². The van der Waals surface area contributed by atoms with Gasteiger partial charge in [0.25, 0.3) is 0 Å². The Kier molecular flexibility index (Phi) is 4.69. The summed E-state index contributed by atoms with van der Waals surface area (Å²) in [7, 11) is 0. The van der Waals surface area contributed by atoms with Crippen LogP contribution in [0.2, 0.25) is 0 Å². The highest BCUT2D eigenvalue weighted by atomic mass is 14.8. The molecular weight excluding hydrogens is 90.1 g/mol. The van der Waals surface area contributed by atoms with Crippen LogP contribution in [0.25, 0.3) is 0 Å². The second-order valence-corrected chi connectivity index (χ2v) is 1.18. The lowest BCUT2D eigenvalue weighted by molar-refractivity contribution is 0.769. The molecule has 0 amide bonds. The molecule has 0 spiro atoms. The largest absolute Gasteiger partial charge is 0.330 e. The molecule has 0 aliphatic heterocycles. The van der Waals surface area contributed by atoms with Gasteiger partial charge < -0.3 is 11.1 Å². The zero-order valence-corrected chi connectivity index (χ0v) is 4.15. The highest BCUT2D eigenvalue weighted by Gasteiger charge is 1.76. The predicted octanol–water partition coefficient (Wildman–Crippen LogP) is -0.594. The highest BCUT2D eigenvalue weighted by Crippen LogP contribution is 1.64. The van der Waals surface area contributed by atoms with Crippen LogP contribution < -0.4 is 11.1 Å². The van der Waals surface area contributed by atoms with Gasteiger partial charge in [0.05, 0.1) is 0 Å². The van der Waals surface area contributed by atoms with Gasteiger partial charge in [0, 0.05) is 6.54 Å². The van der Waals surface area contributed by atoms with Crippen molar-refractivity contribution < 1.29 is 0 Å². The zero-order chi connectivity index (χ0) is 5.54. The van der Waals surface area contributed by atoms with Crippen molar-refractivity contribution in [3.63, 3.8) is 0 Å². The van der Waals surface area contributed by atoms with Crippen molar-refractivity contribution in [3.8, 4) is 6.19 Å². The average Bonchev–Trinajstić information content (AvgIpc) is 1.69. The maximum Gasteiger partial charge on any atom is 0.176 e. The van der Waals surface area contributed by atoms with Crippen LogP contribution in [-0.2, 0) is 0 Å². The van der Waals surface area contributed by atoms with Crippen molar-refractivity contribution in [2.75, 3.05) is 13.1 Å². The van der Waals surface area contributed by atoms with Crippen molar-refractivity contribution in [1.29, 1.82) is 5.26 Å². The molecule has 0 aromatic carbocycles. The normalized spacial score (nSPS) is 7.43. The van der Waals surface area contributed by atoms with E-state index in [-0.39, 0.29) is 0 Å². The number of nitriles is 1. The molecule has 0 bridgehead atoms. The van der Waals surface area contributed by atoms with Gasteiger partial charge in [-0.3, -0.25) is 0 Å². The number of rotatable bonds is 3. The van der Waals surface area contributed by atoms with Crippen LogP contribution in [0.3, 0.4) is 0 Å². The molecule has 0 saturated heterocycles. The Labute approximate surface area is 43.1 Å². The first-order valence-corrected chi connectivity index (χ1v) is 2.24. The van der Waals surface area contributed by atoms with E-state index in [4.69, 9.17) is 11.0 Å². The SMILES string of the molecule is N#CNCCCN. The Balaban J connectivity index is 2.60. The van der Waals surface area contributed by atoms with E-state index in [1.807, 2.05) is 0 Å².